The molecule has 1 aliphatic rings. The summed E-state index contributed by atoms with van der Waals surface area (Å²) in [6.07, 6.45) is 3.30. The minimum Gasteiger partial charge on any atom is -0.386 e. The molecule has 1 atom stereocenters. The first-order chi connectivity index (χ1) is 12.5. The maximum atomic E-state index is 12.8. The predicted molar refractivity (Wildman–Crippen MR) is 108 cm³/mol. The van der Waals surface area contributed by atoms with Gasteiger partial charge in [-0.1, -0.05) is 11.6 Å². The molecule has 0 aliphatic carbocycles. The number of sulfone groups is 1. The standard InChI is InChI=1S/C17H18ClN5O2S2/c1-16(2)15(19)22-17(3,8-27(16,24)25)14-11(18)7-12(26-14)10-4-5-23-13(6-10)20-9-21-23/h4-7,9H,8H2,1-3H3,(H2,19,22). The summed E-state index contributed by atoms with van der Waals surface area (Å²) in [6, 6.07) is 5.64. The SMILES string of the molecule is CC1(c2sc(-c3ccn4ncnc4c3)cc2Cl)CS(=O)(=O)C(C)(C)C(N)=N1. The first-order valence-corrected chi connectivity index (χ1v) is 11.1. The largest absolute Gasteiger partial charge is 0.386 e. The number of aromatic nitrogens is 3. The van der Waals surface area contributed by atoms with Gasteiger partial charge in [0.15, 0.2) is 15.5 Å². The van der Waals surface area contributed by atoms with E-state index < -0.39 is 20.1 Å². The van der Waals surface area contributed by atoms with E-state index in [1.807, 2.05) is 24.4 Å². The number of thiophene rings is 1. The zero-order chi connectivity index (χ0) is 19.6. The number of nitrogens with zero attached hydrogens (tertiary/aromatic N) is 4. The van der Waals surface area contributed by atoms with Crippen LogP contribution in [0.3, 0.4) is 0 Å². The van der Waals surface area contributed by atoms with E-state index in [1.165, 1.54) is 17.7 Å². The summed E-state index contributed by atoms with van der Waals surface area (Å²) in [7, 11) is -3.49. The number of fused-ring (bicyclic) bond motifs is 1. The number of aliphatic imine (C=N–C) groups is 1. The molecule has 3 aromatic heterocycles. The van der Waals surface area contributed by atoms with Crippen LogP contribution in [0.5, 0.6) is 0 Å². The zero-order valence-corrected chi connectivity index (χ0v) is 17.4. The third-order valence-corrected chi connectivity index (χ3v) is 9.53. The van der Waals surface area contributed by atoms with Crippen molar-refractivity contribution >= 4 is 44.3 Å². The molecule has 27 heavy (non-hydrogen) atoms. The third kappa shape index (κ3) is 2.76. The molecule has 142 valence electrons. The molecule has 0 saturated carbocycles. The van der Waals surface area contributed by atoms with E-state index in [-0.39, 0.29) is 11.6 Å². The maximum absolute atomic E-state index is 12.8. The van der Waals surface area contributed by atoms with Crippen molar-refractivity contribution in [2.24, 2.45) is 10.7 Å². The van der Waals surface area contributed by atoms with E-state index in [4.69, 9.17) is 17.3 Å². The molecule has 0 saturated heterocycles. The highest BCUT2D eigenvalue weighted by Gasteiger charge is 2.49. The van der Waals surface area contributed by atoms with Crippen molar-refractivity contribution in [1.29, 1.82) is 0 Å². The van der Waals surface area contributed by atoms with Gasteiger partial charge in [0.2, 0.25) is 0 Å². The number of halogens is 1. The minimum absolute atomic E-state index is 0.104. The molecule has 10 heteroatoms. The molecule has 4 heterocycles. The average molecular weight is 424 g/mol. The Labute approximate surface area is 165 Å². The van der Waals surface area contributed by atoms with Gasteiger partial charge in [-0.3, -0.25) is 4.99 Å². The Morgan fingerprint density at radius 3 is 2.74 bits per heavy atom. The van der Waals surface area contributed by atoms with Crippen LogP contribution < -0.4 is 5.73 Å². The lowest BCUT2D eigenvalue weighted by Crippen LogP contribution is -2.54. The molecule has 0 fully saturated rings. The van der Waals surface area contributed by atoms with Gasteiger partial charge in [0.05, 0.1) is 15.7 Å². The second-order valence-electron chi connectivity index (χ2n) is 7.31. The lowest BCUT2D eigenvalue weighted by Gasteiger charge is -2.37. The summed E-state index contributed by atoms with van der Waals surface area (Å²) in [5.41, 5.74) is 6.66. The van der Waals surface area contributed by atoms with Crippen molar-refractivity contribution in [3.05, 3.63) is 40.6 Å². The van der Waals surface area contributed by atoms with Gasteiger partial charge in [-0.05, 0) is 44.5 Å². The van der Waals surface area contributed by atoms with Crippen LogP contribution in [0.1, 0.15) is 25.6 Å². The van der Waals surface area contributed by atoms with Crippen LogP contribution in [-0.2, 0) is 15.4 Å². The van der Waals surface area contributed by atoms with Crippen LogP contribution >= 0.6 is 22.9 Å². The lowest BCUT2D eigenvalue weighted by atomic mass is 10.0. The van der Waals surface area contributed by atoms with E-state index in [9.17, 15) is 8.42 Å². The second-order valence-corrected chi connectivity index (χ2v) is 11.3. The molecule has 2 N–H and O–H groups in total. The van der Waals surface area contributed by atoms with Gasteiger partial charge in [-0.15, -0.1) is 11.3 Å². The molecule has 0 radical (unpaired) electrons. The van der Waals surface area contributed by atoms with Crippen molar-refractivity contribution in [2.45, 2.75) is 31.1 Å². The van der Waals surface area contributed by atoms with Crippen LogP contribution in [0.4, 0.5) is 0 Å². The van der Waals surface area contributed by atoms with Crippen LogP contribution in [0.25, 0.3) is 16.1 Å². The van der Waals surface area contributed by atoms with Gasteiger partial charge < -0.3 is 5.73 Å². The van der Waals surface area contributed by atoms with Crippen LogP contribution in [-0.4, -0.2) is 39.4 Å². The topological polar surface area (TPSA) is 103 Å². The predicted octanol–water partition coefficient (Wildman–Crippen LogP) is 2.89. The van der Waals surface area contributed by atoms with Crippen LogP contribution in [0.2, 0.25) is 5.02 Å². The molecule has 1 aliphatic heterocycles. The number of pyridine rings is 1. The van der Waals surface area contributed by atoms with Crippen molar-refractivity contribution < 1.29 is 8.42 Å². The summed E-state index contributed by atoms with van der Waals surface area (Å²) >= 11 is 7.91. The first kappa shape index (κ1) is 18.4. The Balaban J connectivity index is 1.83. The van der Waals surface area contributed by atoms with Gasteiger partial charge in [0, 0.05) is 11.1 Å². The summed E-state index contributed by atoms with van der Waals surface area (Å²) < 4.78 is 26.1. The van der Waals surface area contributed by atoms with Gasteiger partial charge in [0.1, 0.15) is 22.4 Å². The second kappa shape index (κ2) is 5.76. The normalized spacial score (nSPS) is 24.1. The summed E-state index contributed by atoms with van der Waals surface area (Å²) in [4.78, 5) is 10.3. The van der Waals surface area contributed by atoms with Gasteiger partial charge >= 0.3 is 0 Å². The summed E-state index contributed by atoms with van der Waals surface area (Å²) in [6.45, 7) is 4.92. The number of hydrogen-bond donors (Lipinski definition) is 1. The highest BCUT2D eigenvalue weighted by atomic mass is 35.5. The molecule has 4 rings (SSSR count). The lowest BCUT2D eigenvalue weighted by molar-refractivity contribution is 0.507. The van der Waals surface area contributed by atoms with Crippen LogP contribution in [0.15, 0.2) is 35.7 Å². The van der Waals surface area contributed by atoms with Gasteiger partial charge in [-0.25, -0.2) is 17.9 Å². The zero-order valence-electron chi connectivity index (χ0n) is 15.0. The molecular weight excluding hydrogens is 406 g/mol. The number of hydrogen-bond acceptors (Lipinski definition) is 7. The smallest absolute Gasteiger partial charge is 0.165 e. The van der Waals surface area contributed by atoms with Crippen molar-refractivity contribution in [2.75, 3.05) is 5.75 Å². The molecule has 0 bridgehead atoms. The fourth-order valence-electron chi connectivity index (χ4n) is 3.11. The van der Waals surface area contributed by atoms with Crippen molar-refractivity contribution in [3.8, 4) is 10.4 Å². The van der Waals surface area contributed by atoms with E-state index >= 15 is 0 Å². The summed E-state index contributed by atoms with van der Waals surface area (Å²) in [5.74, 6) is -0.0384. The van der Waals surface area contributed by atoms with E-state index in [1.54, 1.807) is 25.3 Å². The monoisotopic (exact) mass is 423 g/mol. The van der Waals surface area contributed by atoms with Gasteiger partial charge in [-0.2, -0.15) is 5.10 Å². The molecule has 0 aromatic carbocycles. The van der Waals surface area contributed by atoms with E-state index in [0.29, 0.717) is 15.5 Å². The Bertz CT molecular complexity index is 1200. The summed E-state index contributed by atoms with van der Waals surface area (Å²) in [5, 5.41) is 4.56. The van der Waals surface area contributed by atoms with Crippen molar-refractivity contribution in [3.63, 3.8) is 0 Å². The maximum Gasteiger partial charge on any atom is 0.165 e. The molecule has 0 amide bonds. The molecular formula is C17H18ClN5O2S2. The van der Waals surface area contributed by atoms with Gasteiger partial charge in [0.25, 0.3) is 0 Å². The third-order valence-electron chi connectivity index (χ3n) is 4.97. The van der Waals surface area contributed by atoms with Crippen molar-refractivity contribution in [1.82, 2.24) is 14.6 Å². The first-order valence-electron chi connectivity index (χ1n) is 8.21. The van der Waals surface area contributed by atoms with Crippen LogP contribution in [0, 0.1) is 0 Å². The van der Waals surface area contributed by atoms with E-state index in [2.05, 4.69) is 15.1 Å². The number of amidine groups is 1. The fourth-order valence-corrected chi connectivity index (χ4v) is 6.50. The fraction of sp³-hybridized carbons (Fsp3) is 0.353. The highest BCUT2D eigenvalue weighted by molar-refractivity contribution is 7.93. The molecule has 3 aromatic rings. The Morgan fingerprint density at radius 1 is 1.30 bits per heavy atom. The number of rotatable bonds is 2. The molecule has 1 unspecified atom stereocenters. The Morgan fingerprint density at radius 2 is 2.04 bits per heavy atom. The quantitative estimate of drug-likeness (QED) is 0.682. The van der Waals surface area contributed by atoms with E-state index in [0.717, 1.165) is 10.4 Å². The molecule has 7 nitrogen and oxygen atoms in total. The Hall–Kier alpha value is -1.97. The number of nitrogens with two attached hydrogens (primary N) is 1. The highest BCUT2D eigenvalue weighted by Crippen LogP contribution is 2.45. The Kier molecular flexibility index (Phi) is 3.93. The molecule has 0 spiro atoms. The average Bonchev–Trinajstić information content (AvgIpc) is 3.18. The minimum atomic E-state index is -3.49.